The fourth-order valence-electron chi connectivity index (χ4n) is 3.29. The molecule has 1 atom stereocenters. The highest BCUT2D eigenvalue weighted by Crippen LogP contribution is 2.30. The van der Waals surface area contributed by atoms with Crippen LogP contribution in [-0.4, -0.2) is 70.4 Å². The maximum atomic E-state index is 13.4. The van der Waals surface area contributed by atoms with Crippen molar-refractivity contribution in [2.24, 2.45) is 0 Å². The van der Waals surface area contributed by atoms with E-state index in [1.54, 1.807) is 53.9 Å². The Hall–Kier alpha value is -1.68. The van der Waals surface area contributed by atoms with Crippen molar-refractivity contribution in [1.29, 1.82) is 0 Å². The monoisotopic (exact) mass is 429 g/mol. The molecule has 1 fully saturated rings. The van der Waals surface area contributed by atoms with Gasteiger partial charge >= 0.3 is 5.97 Å². The highest BCUT2D eigenvalue weighted by molar-refractivity contribution is 7.89. The van der Waals surface area contributed by atoms with E-state index in [1.165, 1.54) is 4.31 Å². The van der Waals surface area contributed by atoms with Gasteiger partial charge in [0.05, 0.1) is 37.9 Å². The molecule has 29 heavy (non-hydrogen) atoms. The summed E-state index contributed by atoms with van der Waals surface area (Å²) in [5, 5.41) is 0. The second-order valence-corrected chi connectivity index (χ2v) is 9.86. The van der Waals surface area contributed by atoms with Gasteiger partial charge in [-0.25, -0.2) is 13.2 Å². The van der Waals surface area contributed by atoms with Gasteiger partial charge in [-0.15, -0.1) is 0 Å². The van der Waals surface area contributed by atoms with Gasteiger partial charge in [0.25, 0.3) is 0 Å². The van der Waals surface area contributed by atoms with E-state index in [0.29, 0.717) is 23.5 Å². The molecule has 0 N–H and O–H groups in total. The lowest BCUT2D eigenvalue weighted by Crippen LogP contribution is -2.51. The Bertz CT molecular complexity index is 807. The molecular formula is C20H31NO7S. The third-order valence-corrected chi connectivity index (χ3v) is 6.62. The van der Waals surface area contributed by atoms with E-state index in [2.05, 4.69) is 0 Å². The average Bonchev–Trinajstić information content (AvgIpc) is 2.59. The molecule has 0 aromatic heterocycles. The fraction of sp³-hybridized carbons (Fsp3) is 0.650. The number of hydrogen-bond acceptors (Lipinski definition) is 7. The third-order valence-electron chi connectivity index (χ3n) is 4.36. The Morgan fingerprint density at radius 3 is 2.41 bits per heavy atom. The van der Waals surface area contributed by atoms with Crippen LogP contribution < -0.4 is 4.74 Å². The maximum Gasteiger partial charge on any atom is 0.332 e. The first-order valence-electron chi connectivity index (χ1n) is 9.50. The van der Waals surface area contributed by atoms with Gasteiger partial charge in [0.1, 0.15) is 18.0 Å². The van der Waals surface area contributed by atoms with Crippen molar-refractivity contribution in [3.8, 4) is 5.75 Å². The van der Waals surface area contributed by atoms with E-state index in [9.17, 15) is 13.2 Å². The van der Waals surface area contributed by atoms with Gasteiger partial charge in [0, 0.05) is 6.54 Å². The van der Waals surface area contributed by atoms with Crippen molar-refractivity contribution in [1.82, 2.24) is 4.31 Å². The maximum absolute atomic E-state index is 13.4. The van der Waals surface area contributed by atoms with Crippen molar-refractivity contribution in [2.75, 3.05) is 40.1 Å². The molecule has 8 nitrogen and oxygen atoms in total. The quantitative estimate of drug-likeness (QED) is 0.613. The first-order valence-corrected chi connectivity index (χ1v) is 10.9. The van der Waals surface area contributed by atoms with Crippen LogP contribution >= 0.6 is 0 Å². The number of esters is 1. The number of carbonyl (C=O) groups is 1. The van der Waals surface area contributed by atoms with Gasteiger partial charge in [-0.05, 0) is 57.9 Å². The number of aryl methyl sites for hydroxylation is 2. The summed E-state index contributed by atoms with van der Waals surface area (Å²) in [5.41, 5.74) is 0.622. The molecule has 0 aliphatic carbocycles. The summed E-state index contributed by atoms with van der Waals surface area (Å²) in [6, 6.07) is 2.87. The van der Waals surface area contributed by atoms with Crippen LogP contribution in [0.2, 0.25) is 0 Å². The van der Waals surface area contributed by atoms with Crippen LogP contribution in [0, 0.1) is 13.8 Å². The van der Waals surface area contributed by atoms with E-state index in [0.717, 1.165) is 0 Å². The van der Waals surface area contributed by atoms with Crippen LogP contribution in [0.1, 0.15) is 31.9 Å². The summed E-state index contributed by atoms with van der Waals surface area (Å²) < 4.78 is 49.6. The number of rotatable bonds is 7. The van der Waals surface area contributed by atoms with E-state index < -0.39 is 27.6 Å². The van der Waals surface area contributed by atoms with Crippen LogP contribution in [0.4, 0.5) is 0 Å². The Labute approximate surface area is 173 Å². The number of ether oxygens (including phenoxy) is 4. The van der Waals surface area contributed by atoms with E-state index in [4.69, 9.17) is 18.9 Å². The zero-order valence-electron chi connectivity index (χ0n) is 18.0. The van der Waals surface area contributed by atoms with Crippen LogP contribution in [0.3, 0.4) is 0 Å². The number of nitrogens with zero attached hydrogens (tertiary/aromatic N) is 1. The highest BCUT2D eigenvalue weighted by Gasteiger charge is 2.36. The molecule has 2 rings (SSSR count). The van der Waals surface area contributed by atoms with Crippen molar-refractivity contribution in [3.63, 3.8) is 0 Å². The molecule has 9 heteroatoms. The summed E-state index contributed by atoms with van der Waals surface area (Å²) in [6.07, 6.45) is 0. The average molecular weight is 430 g/mol. The first kappa shape index (κ1) is 23.6. The molecule has 0 saturated carbocycles. The van der Waals surface area contributed by atoms with Gasteiger partial charge < -0.3 is 18.9 Å². The van der Waals surface area contributed by atoms with Gasteiger partial charge in [-0.2, -0.15) is 4.31 Å². The predicted molar refractivity (Wildman–Crippen MR) is 108 cm³/mol. The SMILES string of the molecule is COc1cc(C)c(S(=O)(=O)N2CCOC[C@H]2COCC(=O)OC(C)(C)C)c(C)c1. The molecule has 1 aromatic rings. The zero-order valence-corrected chi connectivity index (χ0v) is 18.8. The minimum atomic E-state index is -3.78. The minimum absolute atomic E-state index is 0.0344. The fourth-order valence-corrected chi connectivity index (χ4v) is 5.28. The summed E-state index contributed by atoms with van der Waals surface area (Å²) >= 11 is 0. The van der Waals surface area contributed by atoms with Crippen molar-refractivity contribution in [3.05, 3.63) is 23.3 Å². The molecule has 0 bridgehead atoms. The number of hydrogen-bond donors (Lipinski definition) is 0. The number of benzene rings is 1. The molecule has 164 valence electrons. The van der Waals surface area contributed by atoms with Gasteiger partial charge in [0.2, 0.25) is 10.0 Å². The molecule has 0 unspecified atom stereocenters. The number of morpholine rings is 1. The molecule has 0 radical (unpaired) electrons. The molecular weight excluding hydrogens is 398 g/mol. The normalized spacial score (nSPS) is 18.5. The molecule has 1 aliphatic heterocycles. The molecule has 0 amide bonds. The Morgan fingerprint density at radius 1 is 1.24 bits per heavy atom. The molecule has 1 saturated heterocycles. The molecule has 1 aromatic carbocycles. The van der Waals surface area contributed by atoms with Crippen LogP contribution in [0.25, 0.3) is 0 Å². The van der Waals surface area contributed by atoms with Crippen LogP contribution in [0.5, 0.6) is 5.75 Å². The zero-order chi connectivity index (χ0) is 21.8. The topological polar surface area (TPSA) is 91.4 Å². The Balaban J connectivity index is 2.15. The smallest absolute Gasteiger partial charge is 0.332 e. The summed E-state index contributed by atoms with van der Waals surface area (Å²) in [7, 11) is -2.23. The summed E-state index contributed by atoms with van der Waals surface area (Å²) in [6.45, 7) is 9.31. The Morgan fingerprint density at radius 2 is 1.86 bits per heavy atom. The summed E-state index contributed by atoms with van der Waals surface area (Å²) in [5.74, 6) is 0.114. The van der Waals surface area contributed by atoms with Crippen molar-refractivity contribution >= 4 is 16.0 Å². The van der Waals surface area contributed by atoms with Crippen molar-refractivity contribution in [2.45, 2.75) is 51.2 Å². The lowest BCUT2D eigenvalue weighted by Gasteiger charge is -2.35. The van der Waals surface area contributed by atoms with Gasteiger partial charge in [-0.3, -0.25) is 0 Å². The van der Waals surface area contributed by atoms with Crippen LogP contribution in [0.15, 0.2) is 17.0 Å². The number of sulfonamides is 1. The largest absolute Gasteiger partial charge is 0.497 e. The van der Waals surface area contributed by atoms with Crippen molar-refractivity contribution < 1.29 is 32.2 Å². The van der Waals surface area contributed by atoms with E-state index >= 15 is 0 Å². The van der Waals surface area contributed by atoms with Gasteiger partial charge in [-0.1, -0.05) is 0 Å². The molecule has 0 spiro atoms. The summed E-state index contributed by atoms with van der Waals surface area (Å²) in [4.78, 5) is 12.1. The number of methoxy groups -OCH3 is 1. The van der Waals surface area contributed by atoms with Gasteiger partial charge in [0.15, 0.2) is 0 Å². The highest BCUT2D eigenvalue weighted by atomic mass is 32.2. The molecule has 1 aliphatic rings. The second kappa shape index (κ2) is 9.42. The number of carbonyl (C=O) groups excluding carboxylic acids is 1. The van der Waals surface area contributed by atoms with E-state index in [-0.39, 0.29) is 31.3 Å². The lowest BCUT2D eigenvalue weighted by molar-refractivity contribution is -0.161. The Kier molecular flexibility index (Phi) is 7.67. The first-order chi connectivity index (χ1) is 13.5. The van der Waals surface area contributed by atoms with Crippen LogP contribution in [-0.2, 0) is 29.0 Å². The standard InChI is InChI=1S/C20H31NO7S/c1-14-9-17(25-6)10-15(2)19(14)29(23,24)21-7-8-26-11-16(21)12-27-13-18(22)28-20(3,4)5/h9-10,16H,7-8,11-13H2,1-6H3/t16-/m0/s1. The van der Waals surface area contributed by atoms with E-state index in [1.807, 2.05) is 0 Å². The third kappa shape index (κ3) is 6.15. The second-order valence-electron chi connectivity index (χ2n) is 8.04. The molecule has 1 heterocycles. The minimum Gasteiger partial charge on any atom is -0.497 e. The lowest BCUT2D eigenvalue weighted by atomic mass is 10.1. The predicted octanol–water partition coefficient (Wildman–Crippen LogP) is 2.06.